The lowest BCUT2D eigenvalue weighted by atomic mass is 10.3. The van der Waals surface area contributed by atoms with E-state index in [1.54, 1.807) is 12.1 Å². The van der Waals surface area contributed by atoms with Crippen LogP contribution in [0.1, 0.15) is 5.56 Å². The average molecular weight is 172 g/mol. The first kappa shape index (κ1) is 8.00. The van der Waals surface area contributed by atoms with Crippen LogP contribution in [0.15, 0.2) is 18.3 Å². The summed E-state index contributed by atoms with van der Waals surface area (Å²) in [5.74, 6) is 0.428. The monoisotopic (exact) mass is 172 g/mol. The third-order valence-electron chi connectivity index (χ3n) is 1.16. The molecular formula is C6H8N2O2S. The second-order valence-corrected chi connectivity index (χ2v) is 3.06. The highest BCUT2D eigenvalue weighted by molar-refractivity contribution is 7.71. The smallest absolute Gasteiger partial charge is 0.144 e. The van der Waals surface area contributed by atoms with E-state index in [1.165, 1.54) is 6.20 Å². The molecule has 0 aliphatic carbocycles. The zero-order valence-electron chi connectivity index (χ0n) is 5.73. The SMILES string of the molecule is Nc1ccc(C[SH](=O)=O)cn1. The van der Waals surface area contributed by atoms with Gasteiger partial charge in [0.05, 0.1) is 5.75 Å². The Bertz CT molecular complexity index is 297. The van der Waals surface area contributed by atoms with E-state index in [2.05, 4.69) is 4.98 Å². The molecule has 0 unspecified atom stereocenters. The molecule has 5 heteroatoms. The topological polar surface area (TPSA) is 73.1 Å². The molecule has 0 atom stereocenters. The number of hydrogen-bond donors (Lipinski definition) is 2. The Labute approximate surface area is 66.0 Å². The largest absolute Gasteiger partial charge is 0.384 e. The number of nitrogen functional groups attached to an aromatic ring is 1. The van der Waals surface area contributed by atoms with E-state index in [0.717, 1.165) is 0 Å². The minimum absolute atomic E-state index is 0.0304. The molecular weight excluding hydrogens is 164 g/mol. The lowest BCUT2D eigenvalue weighted by molar-refractivity contribution is 0.614. The highest BCUT2D eigenvalue weighted by Gasteiger charge is 1.93. The molecule has 0 aliphatic rings. The van der Waals surface area contributed by atoms with Crippen LogP contribution in [0.5, 0.6) is 0 Å². The Morgan fingerprint density at radius 1 is 1.45 bits per heavy atom. The zero-order chi connectivity index (χ0) is 8.27. The number of nitrogens with zero attached hydrogens (tertiary/aromatic N) is 1. The van der Waals surface area contributed by atoms with Gasteiger partial charge in [0.1, 0.15) is 16.5 Å². The third kappa shape index (κ3) is 2.55. The Kier molecular flexibility index (Phi) is 2.43. The second kappa shape index (κ2) is 3.34. The van der Waals surface area contributed by atoms with E-state index in [-0.39, 0.29) is 5.75 Å². The lowest BCUT2D eigenvalue weighted by Crippen LogP contribution is -1.92. The number of anilines is 1. The maximum absolute atomic E-state index is 10.2. The van der Waals surface area contributed by atoms with Crippen LogP contribution in [0, 0.1) is 0 Å². The number of hydrogen-bond acceptors (Lipinski definition) is 4. The van der Waals surface area contributed by atoms with Crippen molar-refractivity contribution in [3.63, 3.8) is 0 Å². The quantitative estimate of drug-likeness (QED) is 0.605. The van der Waals surface area contributed by atoms with Gasteiger partial charge >= 0.3 is 0 Å². The normalized spacial score (nSPS) is 10.3. The fourth-order valence-electron chi connectivity index (χ4n) is 0.679. The molecule has 0 amide bonds. The number of nitrogens with two attached hydrogens (primary N) is 1. The van der Waals surface area contributed by atoms with Crippen LogP contribution in [-0.4, -0.2) is 13.4 Å². The van der Waals surface area contributed by atoms with Crippen molar-refractivity contribution >= 4 is 16.5 Å². The standard InChI is InChI=1S/C6H8N2O2S/c7-6-2-1-5(3-8-6)4-11(9)10/h1-3,11H,4H2,(H2,7,8). The Balaban J connectivity index is 2.82. The molecule has 60 valence electrons. The van der Waals surface area contributed by atoms with Gasteiger partial charge in [-0.05, 0) is 11.6 Å². The fraction of sp³-hybridized carbons (Fsp3) is 0.167. The predicted octanol–water partition coefficient (Wildman–Crippen LogP) is -0.225. The van der Waals surface area contributed by atoms with Crippen molar-refractivity contribution < 1.29 is 8.42 Å². The van der Waals surface area contributed by atoms with Gasteiger partial charge in [-0.15, -0.1) is 0 Å². The minimum Gasteiger partial charge on any atom is -0.384 e. The Morgan fingerprint density at radius 3 is 2.64 bits per heavy atom. The average Bonchev–Trinajstić information content (AvgIpc) is 1.93. The van der Waals surface area contributed by atoms with Gasteiger partial charge in [-0.2, -0.15) is 0 Å². The van der Waals surface area contributed by atoms with E-state index < -0.39 is 10.7 Å². The van der Waals surface area contributed by atoms with Crippen LogP contribution in [0.2, 0.25) is 0 Å². The summed E-state index contributed by atoms with van der Waals surface area (Å²) in [6, 6.07) is 3.22. The number of rotatable bonds is 2. The highest BCUT2D eigenvalue weighted by Crippen LogP contribution is 2.01. The molecule has 1 rings (SSSR count). The molecule has 0 spiro atoms. The first-order chi connectivity index (χ1) is 5.18. The van der Waals surface area contributed by atoms with Crippen molar-refractivity contribution in [1.82, 2.24) is 4.98 Å². The van der Waals surface area contributed by atoms with E-state index in [0.29, 0.717) is 11.4 Å². The zero-order valence-corrected chi connectivity index (χ0v) is 6.62. The summed E-state index contributed by atoms with van der Waals surface area (Å²) in [7, 11) is -2.37. The molecule has 0 aromatic carbocycles. The third-order valence-corrected chi connectivity index (χ3v) is 1.78. The molecule has 1 heterocycles. The van der Waals surface area contributed by atoms with Crippen molar-refractivity contribution in [2.75, 3.05) is 5.73 Å². The van der Waals surface area contributed by atoms with Crippen LogP contribution in [0.4, 0.5) is 5.82 Å². The van der Waals surface area contributed by atoms with Crippen molar-refractivity contribution in [1.29, 1.82) is 0 Å². The molecule has 0 saturated heterocycles. The van der Waals surface area contributed by atoms with Gasteiger partial charge in [0, 0.05) is 6.20 Å². The Hall–Kier alpha value is -1.10. The summed E-state index contributed by atoms with van der Waals surface area (Å²) in [5, 5.41) is 0. The molecule has 2 N–H and O–H groups in total. The number of pyridine rings is 1. The van der Waals surface area contributed by atoms with Gasteiger partial charge in [-0.25, -0.2) is 13.4 Å². The van der Waals surface area contributed by atoms with Crippen molar-refractivity contribution in [2.24, 2.45) is 0 Å². The fourth-order valence-corrected chi connectivity index (χ4v) is 1.16. The van der Waals surface area contributed by atoms with Crippen molar-refractivity contribution in [2.45, 2.75) is 5.75 Å². The first-order valence-electron chi connectivity index (χ1n) is 3.00. The van der Waals surface area contributed by atoms with Gasteiger partial charge in [0.15, 0.2) is 0 Å². The molecule has 0 radical (unpaired) electrons. The molecule has 4 nitrogen and oxygen atoms in total. The van der Waals surface area contributed by atoms with Gasteiger partial charge in [-0.1, -0.05) is 6.07 Å². The molecule has 1 aromatic heterocycles. The van der Waals surface area contributed by atoms with E-state index in [4.69, 9.17) is 5.73 Å². The summed E-state index contributed by atoms with van der Waals surface area (Å²) in [6.07, 6.45) is 1.46. The van der Waals surface area contributed by atoms with Crippen LogP contribution < -0.4 is 5.73 Å². The first-order valence-corrected chi connectivity index (χ1v) is 4.37. The maximum Gasteiger partial charge on any atom is 0.144 e. The van der Waals surface area contributed by atoms with Crippen molar-refractivity contribution in [3.05, 3.63) is 23.9 Å². The predicted molar refractivity (Wildman–Crippen MR) is 42.7 cm³/mol. The van der Waals surface area contributed by atoms with E-state index in [9.17, 15) is 8.42 Å². The van der Waals surface area contributed by atoms with Crippen LogP contribution >= 0.6 is 0 Å². The second-order valence-electron chi connectivity index (χ2n) is 2.08. The molecule has 0 fully saturated rings. The van der Waals surface area contributed by atoms with Crippen molar-refractivity contribution in [3.8, 4) is 0 Å². The number of thiol groups is 1. The molecule has 0 aliphatic heterocycles. The van der Waals surface area contributed by atoms with Gasteiger partial charge in [0.2, 0.25) is 0 Å². The van der Waals surface area contributed by atoms with E-state index >= 15 is 0 Å². The Morgan fingerprint density at radius 2 is 2.18 bits per heavy atom. The summed E-state index contributed by atoms with van der Waals surface area (Å²) < 4.78 is 20.5. The summed E-state index contributed by atoms with van der Waals surface area (Å²) in [5.41, 5.74) is 5.96. The molecule has 0 saturated carbocycles. The lowest BCUT2D eigenvalue weighted by Gasteiger charge is -1.93. The molecule has 1 aromatic rings. The van der Waals surface area contributed by atoms with Crippen LogP contribution in [-0.2, 0) is 16.5 Å². The molecule has 0 bridgehead atoms. The van der Waals surface area contributed by atoms with Gasteiger partial charge < -0.3 is 5.73 Å². The highest BCUT2D eigenvalue weighted by atomic mass is 32.2. The number of aromatic nitrogens is 1. The van der Waals surface area contributed by atoms with Gasteiger partial charge in [-0.3, -0.25) is 0 Å². The summed E-state index contributed by atoms with van der Waals surface area (Å²) in [4.78, 5) is 3.74. The van der Waals surface area contributed by atoms with Crippen LogP contribution in [0.25, 0.3) is 0 Å². The van der Waals surface area contributed by atoms with Crippen LogP contribution in [0.3, 0.4) is 0 Å². The minimum atomic E-state index is -2.37. The van der Waals surface area contributed by atoms with Gasteiger partial charge in [0.25, 0.3) is 0 Å². The molecule has 11 heavy (non-hydrogen) atoms. The summed E-state index contributed by atoms with van der Waals surface area (Å²) >= 11 is 0. The summed E-state index contributed by atoms with van der Waals surface area (Å²) in [6.45, 7) is 0. The van der Waals surface area contributed by atoms with E-state index in [1.807, 2.05) is 0 Å². The maximum atomic E-state index is 10.2.